The number of rotatable bonds is 3. The van der Waals surface area contributed by atoms with Gasteiger partial charge in [-0.2, -0.15) is 0 Å². The zero-order valence-corrected chi connectivity index (χ0v) is 9.82. The lowest BCUT2D eigenvalue weighted by Gasteiger charge is -1.99. The Labute approximate surface area is 96.1 Å². The Morgan fingerprint density at radius 2 is 2.21 bits per heavy atom. The first-order chi connectivity index (χ1) is 6.50. The summed E-state index contributed by atoms with van der Waals surface area (Å²) in [5.74, 6) is -0.0856. The van der Waals surface area contributed by atoms with Gasteiger partial charge >= 0.3 is 0 Å². The maximum Gasteiger partial charge on any atom is 0.282 e. The highest BCUT2D eigenvalue weighted by molar-refractivity contribution is 14.1. The molecule has 7 heteroatoms. The van der Waals surface area contributed by atoms with Gasteiger partial charge in [-0.1, -0.05) is 6.07 Å². The topological polar surface area (TPSA) is 80.4 Å². The van der Waals surface area contributed by atoms with Gasteiger partial charge in [-0.15, -0.1) is 0 Å². The molecule has 1 unspecified atom stereocenters. The van der Waals surface area contributed by atoms with Gasteiger partial charge < -0.3 is 4.55 Å². The number of nitro groups is 1. The van der Waals surface area contributed by atoms with Crippen LogP contribution in [0.3, 0.4) is 0 Å². The number of nitrogens with zero attached hydrogens (tertiary/aromatic N) is 1. The van der Waals surface area contributed by atoms with Crippen molar-refractivity contribution in [2.75, 3.05) is 0 Å². The van der Waals surface area contributed by atoms with Crippen LogP contribution in [0.25, 0.3) is 0 Å². The summed E-state index contributed by atoms with van der Waals surface area (Å²) in [5, 5.41) is 10.5. The second kappa shape index (κ2) is 4.80. The Kier molecular flexibility index (Phi) is 3.96. The van der Waals surface area contributed by atoms with E-state index in [4.69, 9.17) is 4.55 Å². The van der Waals surface area contributed by atoms with Crippen LogP contribution < -0.4 is 0 Å². The van der Waals surface area contributed by atoms with Crippen molar-refractivity contribution in [2.45, 2.75) is 5.75 Å². The van der Waals surface area contributed by atoms with E-state index >= 15 is 0 Å². The maximum absolute atomic E-state index is 10.5. The number of benzene rings is 1. The number of hydrogen-bond acceptors (Lipinski definition) is 3. The molecular weight excluding hydrogens is 321 g/mol. The molecule has 1 rings (SSSR count). The van der Waals surface area contributed by atoms with Gasteiger partial charge in [0.2, 0.25) is 0 Å². The fourth-order valence-corrected chi connectivity index (χ4v) is 1.93. The average Bonchev–Trinajstić information content (AvgIpc) is 2.07. The molecule has 76 valence electrons. The molecule has 0 radical (unpaired) electrons. The number of halogens is 1. The molecule has 1 N–H and O–H groups in total. The van der Waals surface area contributed by atoms with Crippen molar-refractivity contribution in [1.82, 2.24) is 0 Å². The molecule has 0 saturated carbocycles. The van der Waals surface area contributed by atoms with Gasteiger partial charge in [0.1, 0.15) is 0 Å². The molecule has 0 fully saturated rings. The highest BCUT2D eigenvalue weighted by atomic mass is 127. The summed E-state index contributed by atoms with van der Waals surface area (Å²) in [6.07, 6.45) is 0. The van der Waals surface area contributed by atoms with Crippen molar-refractivity contribution in [1.29, 1.82) is 0 Å². The quantitative estimate of drug-likeness (QED) is 0.398. The van der Waals surface area contributed by atoms with Gasteiger partial charge in [0.15, 0.2) is 11.1 Å². The second-order valence-corrected chi connectivity index (χ2v) is 4.60. The van der Waals surface area contributed by atoms with E-state index in [0.717, 1.165) is 0 Å². The first-order valence-electron chi connectivity index (χ1n) is 3.51. The van der Waals surface area contributed by atoms with E-state index in [1.807, 2.05) is 22.6 Å². The molecule has 0 aromatic heterocycles. The van der Waals surface area contributed by atoms with Crippen molar-refractivity contribution in [3.63, 3.8) is 0 Å². The highest BCUT2D eigenvalue weighted by Crippen LogP contribution is 2.22. The van der Waals surface area contributed by atoms with E-state index in [0.29, 0.717) is 9.13 Å². The van der Waals surface area contributed by atoms with Crippen molar-refractivity contribution < 1.29 is 13.7 Å². The lowest BCUT2D eigenvalue weighted by Crippen LogP contribution is -1.97. The predicted octanol–water partition coefficient (Wildman–Crippen LogP) is 1.92. The minimum atomic E-state index is -1.97. The van der Waals surface area contributed by atoms with E-state index in [9.17, 15) is 14.3 Å². The molecule has 1 aromatic rings. The lowest BCUT2D eigenvalue weighted by molar-refractivity contribution is -0.385. The summed E-state index contributed by atoms with van der Waals surface area (Å²) < 4.78 is 19.6. The van der Waals surface area contributed by atoms with Gasteiger partial charge in [0.05, 0.1) is 14.2 Å². The summed E-state index contributed by atoms with van der Waals surface area (Å²) in [5.41, 5.74) is 0.450. The Hall–Kier alpha value is -0.540. The molecule has 14 heavy (non-hydrogen) atoms. The minimum Gasteiger partial charge on any atom is -0.306 e. The molecule has 0 spiro atoms. The van der Waals surface area contributed by atoms with E-state index in [1.54, 1.807) is 12.1 Å². The highest BCUT2D eigenvalue weighted by Gasteiger charge is 2.12. The minimum absolute atomic E-state index is 0.0337. The number of hydrogen-bond donors (Lipinski definition) is 1. The molecule has 0 saturated heterocycles. The van der Waals surface area contributed by atoms with Crippen LogP contribution in [0.15, 0.2) is 18.2 Å². The monoisotopic (exact) mass is 327 g/mol. The molecule has 0 heterocycles. The van der Waals surface area contributed by atoms with E-state index in [-0.39, 0.29) is 11.4 Å². The molecule has 0 amide bonds. The fraction of sp³-hybridized carbons (Fsp3) is 0.143. The Balaban J connectivity index is 3.06. The van der Waals surface area contributed by atoms with Crippen LogP contribution in [-0.4, -0.2) is 13.7 Å². The second-order valence-electron chi connectivity index (χ2n) is 2.51. The summed E-state index contributed by atoms with van der Waals surface area (Å²) in [6.45, 7) is 0. The van der Waals surface area contributed by atoms with Crippen LogP contribution in [0.2, 0.25) is 0 Å². The third-order valence-corrected chi connectivity index (χ3v) is 2.99. The molecule has 1 aromatic carbocycles. The molecule has 0 bridgehead atoms. The zero-order valence-electron chi connectivity index (χ0n) is 6.84. The Morgan fingerprint density at radius 1 is 1.57 bits per heavy atom. The number of nitro benzene ring substituents is 1. The largest absolute Gasteiger partial charge is 0.306 e. The van der Waals surface area contributed by atoms with Crippen LogP contribution in [0.5, 0.6) is 0 Å². The molecule has 0 aliphatic carbocycles. The third kappa shape index (κ3) is 3.00. The molecular formula is C7H6INO4S. The van der Waals surface area contributed by atoms with Gasteiger partial charge in [-0.3, -0.25) is 10.1 Å². The van der Waals surface area contributed by atoms with Crippen LogP contribution in [0, 0.1) is 13.7 Å². The van der Waals surface area contributed by atoms with Crippen LogP contribution in [0.1, 0.15) is 5.56 Å². The normalized spacial score (nSPS) is 12.4. The van der Waals surface area contributed by atoms with Crippen molar-refractivity contribution in [2.24, 2.45) is 0 Å². The molecule has 1 atom stereocenters. The fourth-order valence-electron chi connectivity index (χ4n) is 0.931. The smallest absolute Gasteiger partial charge is 0.282 e. The van der Waals surface area contributed by atoms with Crippen LogP contribution in [0.4, 0.5) is 5.69 Å². The van der Waals surface area contributed by atoms with Gasteiger partial charge in [-0.25, -0.2) is 4.21 Å². The van der Waals surface area contributed by atoms with Crippen molar-refractivity contribution in [3.05, 3.63) is 37.4 Å². The van der Waals surface area contributed by atoms with Crippen LogP contribution in [-0.2, 0) is 16.8 Å². The van der Waals surface area contributed by atoms with Crippen molar-refractivity contribution >= 4 is 39.4 Å². The van der Waals surface area contributed by atoms with Gasteiger partial charge in [0, 0.05) is 6.07 Å². The summed E-state index contributed by atoms with van der Waals surface area (Å²) in [4.78, 5) is 10.0. The lowest BCUT2D eigenvalue weighted by atomic mass is 10.2. The van der Waals surface area contributed by atoms with Gasteiger partial charge in [0.25, 0.3) is 5.69 Å². The standard InChI is InChI=1S/C7H6INO4S/c8-6-2-1-5(4-14(12)13)3-7(6)9(10)11/h1-3H,4H2,(H,12,13). The SMILES string of the molecule is O=[N+]([O-])c1cc(CS(=O)O)ccc1I. The average molecular weight is 327 g/mol. The molecule has 0 aliphatic rings. The van der Waals surface area contributed by atoms with Crippen molar-refractivity contribution in [3.8, 4) is 0 Å². The van der Waals surface area contributed by atoms with Crippen LogP contribution >= 0.6 is 22.6 Å². The predicted molar refractivity (Wildman–Crippen MR) is 60.3 cm³/mol. The van der Waals surface area contributed by atoms with E-state index in [2.05, 4.69) is 0 Å². The molecule has 0 aliphatic heterocycles. The van der Waals surface area contributed by atoms with E-state index in [1.165, 1.54) is 6.07 Å². The third-order valence-electron chi connectivity index (χ3n) is 1.50. The van der Waals surface area contributed by atoms with E-state index < -0.39 is 16.0 Å². The zero-order chi connectivity index (χ0) is 10.7. The molecule has 5 nitrogen and oxygen atoms in total. The maximum atomic E-state index is 10.5. The van der Waals surface area contributed by atoms with Gasteiger partial charge in [-0.05, 0) is 34.2 Å². The summed E-state index contributed by atoms with van der Waals surface area (Å²) in [6, 6.07) is 4.47. The Bertz CT molecular complexity index is 395. The first-order valence-corrected chi connectivity index (χ1v) is 5.86. The first kappa shape index (κ1) is 11.5. The summed E-state index contributed by atoms with van der Waals surface area (Å²) in [7, 11) is 0. The Morgan fingerprint density at radius 3 is 2.71 bits per heavy atom. The summed E-state index contributed by atoms with van der Waals surface area (Å²) >= 11 is -0.124.